The second-order valence-corrected chi connectivity index (χ2v) is 11.7. The van der Waals surface area contributed by atoms with E-state index in [1.54, 1.807) is 91.0 Å². The van der Waals surface area contributed by atoms with Crippen LogP contribution in [0.25, 0.3) is 0 Å². The predicted octanol–water partition coefficient (Wildman–Crippen LogP) is 7.05. The summed E-state index contributed by atoms with van der Waals surface area (Å²) < 4.78 is 91.8. The van der Waals surface area contributed by atoms with Crippen LogP contribution in [0.1, 0.15) is 45.4 Å². The Labute approximate surface area is 311 Å². The number of halogens is 6. The average Bonchev–Trinajstić information content (AvgIpc) is 3.58. The van der Waals surface area contributed by atoms with E-state index in [1.807, 2.05) is 0 Å². The molecule has 2 aliphatic rings. The lowest BCUT2D eigenvalue weighted by Gasteiger charge is -2.28. The zero-order chi connectivity index (χ0) is 38.1. The van der Waals surface area contributed by atoms with Crippen LogP contribution in [0.3, 0.4) is 0 Å². The Morgan fingerprint density at radius 3 is 1.57 bits per heavy atom. The fourth-order valence-electron chi connectivity index (χ4n) is 5.87. The second-order valence-electron chi connectivity index (χ2n) is 11.7. The molecule has 294 valence electrons. The lowest BCUT2D eigenvalue weighted by molar-refractivity contribution is -0.180. The smallest absolute Gasteiger partial charge is 0.413 e. The Kier molecular flexibility index (Phi) is 16.3. The Hall–Kier alpha value is -5.31. The van der Waals surface area contributed by atoms with Gasteiger partial charge >= 0.3 is 24.3 Å². The molecule has 0 aliphatic carbocycles. The summed E-state index contributed by atoms with van der Waals surface area (Å²) in [6.07, 6.45) is -9.44. The first-order chi connectivity index (χ1) is 24.7. The lowest BCUT2D eigenvalue weighted by Crippen LogP contribution is -2.46. The number of nitrogens with two attached hydrogens (primary N) is 1. The number of carbonyl (C=O) groups excluding carboxylic acids is 3. The van der Waals surface area contributed by atoms with E-state index in [-0.39, 0.29) is 65.6 Å². The van der Waals surface area contributed by atoms with Gasteiger partial charge in [0.15, 0.2) is 6.04 Å². The monoisotopic (exact) mass is 764 g/mol. The highest BCUT2D eigenvalue weighted by atomic mass is 19.4. The number of nitrogens with zero attached hydrogens (tertiary/aromatic N) is 2. The van der Waals surface area contributed by atoms with Crippen molar-refractivity contribution in [1.82, 2.24) is 15.1 Å². The molecule has 2 unspecified atom stereocenters. The van der Waals surface area contributed by atoms with Gasteiger partial charge in [0.25, 0.3) is 5.91 Å². The van der Waals surface area contributed by atoms with Crippen LogP contribution in [0.2, 0.25) is 0 Å². The van der Waals surface area contributed by atoms with Crippen LogP contribution >= 0.6 is 0 Å². The van der Waals surface area contributed by atoms with Crippen molar-refractivity contribution in [3.8, 4) is 0 Å². The van der Waals surface area contributed by atoms with Gasteiger partial charge in [0.05, 0.1) is 24.4 Å². The van der Waals surface area contributed by atoms with Gasteiger partial charge in [-0.15, -0.1) is 0 Å². The fraction of sp³-hybridized carbons (Fsp3) is 0.359. The number of hydrogen-bond acceptors (Lipinski definition) is 8. The summed E-state index contributed by atoms with van der Waals surface area (Å²) in [5.74, 6) is -3.04. The SMILES string of the molecule is C.C.CCOC(=O)C1=C(N)CN(Cc2ccccc2)C1C(F)(F)F.CCOC(=O)C1=C(NCc2ccccc2)C(=O)N(Cc2ccccc2)C1C(F)(F)F. The summed E-state index contributed by atoms with van der Waals surface area (Å²) in [7, 11) is 0. The maximum Gasteiger partial charge on any atom is 0.413 e. The summed E-state index contributed by atoms with van der Waals surface area (Å²) in [5, 5.41) is 2.74. The number of nitrogens with one attached hydrogen (secondary N) is 1. The number of rotatable bonds is 11. The summed E-state index contributed by atoms with van der Waals surface area (Å²) in [6.45, 7) is 2.66. The molecule has 3 N–H and O–H groups in total. The van der Waals surface area contributed by atoms with E-state index in [0.717, 1.165) is 16.0 Å². The van der Waals surface area contributed by atoms with Crippen molar-refractivity contribution in [2.75, 3.05) is 19.8 Å². The van der Waals surface area contributed by atoms with Crippen LogP contribution in [0.15, 0.2) is 114 Å². The summed E-state index contributed by atoms with van der Waals surface area (Å²) in [4.78, 5) is 39.1. The van der Waals surface area contributed by atoms with Gasteiger partial charge < -0.3 is 25.4 Å². The van der Waals surface area contributed by atoms with Gasteiger partial charge in [-0.2, -0.15) is 26.3 Å². The fourth-order valence-corrected chi connectivity index (χ4v) is 5.87. The van der Waals surface area contributed by atoms with Gasteiger partial charge in [0.2, 0.25) is 0 Å². The molecule has 2 aliphatic heterocycles. The number of ether oxygens (including phenoxy) is 2. The molecule has 3 aromatic rings. The zero-order valence-corrected chi connectivity index (χ0v) is 28.3. The van der Waals surface area contributed by atoms with E-state index in [9.17, 15) is 40.7 Å². The van der Waals surface area contributed by atoms with Crippen LogP contribution in [0.5, 0.6) is 0 Å². The van der Waals surface area contributed by atoms with E-state index < -0.39 is 53.4 Å². The number of esters is 2. The molecule has 3 aromatic carbocycles. The van der Waals surface area contributed by atoms with E-state index in [0.29, 0.717) is 10.5 Å². The molecule has 0 spiro atoms. The largest absolute Gasteiger partial charge is 0.463 e. The Bertz CT molecular complexity index is 1750. The number of benzene rings is 3. The first-order valence-electron chi connectivity index (χ1n) is 16.3. The predicted molar refractivity (Wildman–Crippen MR) is 192 cm³/mol. The van der Waals surface area contributed by atoms with E-state index in [4.69, 9.17) is 15.2 Å². The number of amides is 1. The summed E-state index contributed by atoms with van der Waals surface area (Å²) in [6, 6.07) is 21.5. The van der Waals surface area contributed by atoms with E-state index >= 15 is 0 Å². The highest BCUT2D eigenvalue weighted by Gasteiger charge is 2.56. The molecule has 9 nitrogen and oxygen atoms in total. The topological polar surface area (TPSA) is 114 Å². The second kappa shape index (κ2) is 19.7. The van der Waals surface area contributed by atoms with Crippen LogP contribution in [-0.4, -0.2) is 71.8 Å². The van der Waals surface area contributed by atoms with Gasteiger partial charge in [-0.3, -0.25) is 9.69 Å². The molecular formula is C39H46F6N4O5. The minimum absolute atomic E-state index is 0. The lowest BCUT2D eigenvalue weighted by atomic mass is 10.1. The molecule has 0 bridgehead atoms. The third kappa shape index (κ3) is 11.1. The minimum Gasteiger partial charge on any atom is -0.463 e. The molecule has 0 saturated carbocycles. The Balaban J connectivity index is 0.000000376. The van der Waals surface area contributed by atoms with E-state index in [1.165, 1.54) is 13.8 Å². The van der Waals surface area contributed by atoms with Gasteiger partial charge in [-0.25, -0.2) is 9.59 Å². The average molecular weight is 765 g/mol. The summed E-state index contributed by atoms with van der Waals surface area (Å²) in [5.41, 5.74) is 6.00. The first-order valence-corrected chi connectivity index (χ1v) is 16.3. The van der Waals surface area contributed by atoms with Gasteiger partial charge in [-0.1, -0.05) is 106 Å². The van der Waals surface area contributed by atoms with E-state index in [2.05, 4.69) is 5.32 Å². The Morgan fingerprint density at radius 1 is 0.704 bits per heavy atom. The number of hydrogen-bond donors (Lipinski definition) is 2. The van der Waals surface area contributed by atoms with Crippen LogP contribution in [0, 0.1) is 0 Å². The third-order valence-electron chi connectivity index (χ3n) is 8.03. The van der Waals surface area contributed by atoms with Crippen molar-refractivity contribution < 1.29 is 50.2 Å². The number of alkyl halides is 6. The molecule has 2 atom stereocenters. The first kappa shape index (κ1) is 44.8. The molecule has 1 amide bonds. The van der Waals surface area contributed by atoms with Gasteiger partial charge in [0, 0.05) is 31.9 Å². The maximum atomic E-state index is 14.0. The van der Waals surface area contributed by atoms with Crippen LogP contribution < -0.4 is 11.1 Å². The molecule has 54 heavy (non-hydrogen) atoms. The van der Waals surface area contributed by atoms with Gasteiger partial charge in [-0.05, 0) is 30.5 Å². The molecule has 5 rings (SSSR count). The standard InChI is InChI=1S/C22H21F3N2O3.C15H17F3N2O2.2CH4/c1-2-30-21(29)17-18(26-13-15-9-5-3-6-10-15)20(28)27(19(17)22(23,24)25)14-16-11-7-4-8-12-16;1-2-22-14(21)12-11(19)9-20(13(12)15(16,17)18)8-10-6-4-3-5-7-10;;/h3-12,19,26H,2,13-14H2,1H3;3-7,13H,2,8-9,19H2,1H3;2*1H4. The highest BCUT2D eigenvalue weighted by Crippen LogP contribution is 2.39. The van der Waals surface area contributed by atoms with Crippen LogP contribution in [0.4, 0.5) is 26.3 Å². The molecule has 0 radical (unpaired) electrons. The molecular weight excluding hydrogens is 718 g/mol. The molecule has 0 saturated heterocycles. The third-order valence-corrected chi connectivity index (χ3v) is 8.03. The molecule has 0 fully saturated rings. The number of carbonyl (C=O) groups is 3. The quantitative estimate of drug-likeness (QED) is 0.158. The molecule has 0 aromatic heterocycles. The van der Waals surface area contributed by atoms with Crippen molar-refractivity contribution >= 4 is 17.8 Å². The highest BCUT2D eigenvalue weighted by molar-refractivity contribution is 6.07. The molecule has 2 heterocycles. The minimum atomic E-state index is -4.84. The van der Waals surface area contributed by atoms with Crippen LogP contribution in [-0.2, 0) is 43.5 Å². The zero-order valence-electron chi connectivity index (χ0n) is 28.3. The normalized spacial score (nSPS) is 17.3. The van der Waals surface area contributed by atoms with Gasteiger partial charge in [0.1, 0.15) is 11.7 Å². The van der Waals surface area contributed by atoms with Crippen molar-refractivity contribution in [2.45, 2.75) is 72.8 Å². The summed E-state index contributed by atoms with van der Waals surface area (Å²) >= 11 is 0. The van der Waals surface area contributed by atoms with Crippen molar-refractivity contribution in [3.63, 3.8) is 0 Å². The van der Waals surface area contributed by atoms with Crippen molar-refractivity contribution in [2.24, 2.45) is 5.73 Å². The Morgan fingerprint density at radius 2 is 1.13 bits per heavy atom. The van der Waals surface area contributed by atoms with Crippen molar-refractivity contribution in [1.29, 1.82) is 0 Å². The molecule has 15 heteroatoms. The maximum absolute atomic E-state index is 14.0. The van der Waals surface area contributed by atoms with Crippen molar-refractivity contribution in [3.05, 3.63) is 130 Å².